The summed E-state index contributed by atoms with van der Waals surface area (Å²) in [6.45, 7) is 2.75. The first-order chi connectivity index (χ1) is 21.0. The number of nitrogens with one attached hydrogen (secondary N) is 4. The van der Waals surface area contributed by atoms with Gasteiger partial charge < -0.3 is 40.9 Å². The van der Waals surface area contributed by atoms with Crippen molar-refractivity contribution in [2.45, 2.75) is 75.8 Å². The average Bonchev–Trinajstić information content (AvgIpc) is 3.68. The molecular weight excluding hydrogens is 572 g/mol. The van der Waals surface area contributed by atoms with Gasteiger partial charge in [0.1, 0.15) is 30.3 Å². The predicted molar refractivity (Wildman–Crippen MR) is 157 cm³/mol. The molecular formula is C30H42N6O8. The van der Waals surface area contributed by atoms with E-state index in [4.69, 9.17) is 4.74 Å². The number of benzene rings is 1. The zero-order valence-electron chi connectivity index (χ0n) is 25.3. The van der Waals surface area contributed by atoms with Crippen molar-refractivity contribution < 1.29 is 38.6 Å². The molecule has 0 aromatic heterocycles. The van der Waals surface area contributed by atoms with Crippen LogP contribution in [0.2, 0.25) is 0 Å². The smallest absolute Gasteiger partial charge is 0.249 e. The molecule has 3 saturated heterocycles. The van der Waals surface area contributed by atoms with Crippen molar-refractivity contribution >= 4 is 35.4 Å². The summed E-state index contributed by atoms with van der Waals surface area (Å²) in [6.07, 6.45) is 0.846. The van der Waals surface area contributed by atoms with Gasteiger partial charge in [0, 0.05) is 32.7 Å². The third-order valence-electron chi connectivity index (χ3n) is 8.17. The fourth-order valence-corrected chi connectivity index (χ4v) is 5.79. The predicted octanol–water partition coefficient (Wildman–Crippen LogP) is -1.93. The number of nitrogens with zero attached hydrogens (tertiary/aromatic N) is 2. The summed E-state index contributed by atoms with van der Waals surface area (Å²) in [5, 5.41) is 20.8. The number of carbonyl (C=O) groups excluding carboxylic acids is 6. The van der Waals surface area contributed by atoms with Crippen LogP contribution in [0.5, 0.6) is 0 Å². The Balaban J connectivity index is 1.69. The van der Waals surface area contributed by atoms with Crippen molar-refractivity contribution in [1.29, 1.82) is 0 Å². The van der Waals surface area contributed by atoms with Crippen molar-refractivity contribution in [2.75, 3.05) is 33.4 Å². The van der Waals surface area contributed by atoms with E-state index in [-0.39, 0.29) is 31.2 Å². The molecule has 0 unspecified atom stereocenters. The standard InChI is InChI=1S/C30H42N6O8/c1-17(2)25-28(41)32-20(12-18-8-5-4-6-9-18)30(43)36-14-19(31-27(40)23-10-7-11-44-23)13-22(36)26(39)33-21(16-37)29(42)35(3)15-24(38)34-25/h4-6,8-9,17,19-23,25,37H,7,10-16H2,1-3H3,(H,31,40)(H,32,41)(H,33,39)(H,34,38)/t19-,20-,21-,22-,23+,25+/m0/s1. The lowest BCUT2D eigenvalue weighted by molar-refractivity contribution is -0.143. The number of amides is 6. The summed E-state index contributed by atoms with van der Waals surface area (Å²) in [6, 6.07) is 3.79. The molecule has 0 bridgehead atoms. The largest absolute Gasteiger partial charge is 0.394 e. The van der Waals surface area contributed by atoms with E-state index in [2.05, 4.69) is 21.3 Å². The number of fused-ring (bicyclic) bond motifs is 1. The Morgan fingerprint density at radius 3 is 2.36 bits per heavy atom. The molecule has 0 aliphatic carbocycles. The molecule has 0 saturated carbocycles. The van der Waals surface area contributed by atoms with Crippen LogP contribution < -0.4 is 21.3 Å². The highest BCUT2D eigenvalue weighted by atomic mass is 16.5. The second-order valence-corrected chi connectivity index (χ2v) is 11.9. The number of aliphatic hydroxyl groups is 1. The van der Waals surface area contributed by atoms with Crippen LogP contribution in [0.25, 0.3) is 0 Å². The van der Waals surface area contributed by atoms with E-state index in [0.29, 0.717) is 13.0 Å². The van der Waals surface area contributed by atoms with Crippen LogP contribution in [0.1, 0.15) is 38.7 Å². The SMILES string of the molecule is CC(C)[C@H]1NC(=O)CN(C)C(=O)[C@H](CO)NC(=O)[C@@H]2C[C@H](NC(=O)[C@H]3CCCO3)CN2C(=O)[C@H](Cc2ccccc2)NC1=O. The van der Waals surface area contributed by atoms with E-state index >= 15 is 0 Å². The molecule has 6 amide bonds. The molecule has 4 rings (SSSR count). The van der Waals surface area contributed by atoms with E-state index in [1.807, 2.05) is 18.2 Å². The van der Waals surface area contributed by atoms with Crippen molar-refractivity contribution in [3.63, 3.8) is 0 Å². The quantitative estimate of drug-likeness (QED) is 0.245. The second kappa shape index (κ2) is 14.6. The molecule has 3 fully saturated rings. The van der Waals surface area contributed by atoms with E-state index in [9.17, 15) is 33.9 Å². The van der Waals surface area contributed by atoms with Gasteiger partial charge in [-0.25, -0.2) is 0 Å². The molecule has 1 aromatic carbocycles. The molecule has 3 aliphatic rings. The monoisotopic (exact) mass is 614 g/mol. The fraction of sp³-hybridized carbons (Fsp3) is 0.600. The molecule has 5 N–H and O–H groups in total. The Morgan fingerprint density at radius 2 is 1.73 bits per heavy atom. The number of carbonyl (C=O) groups is 6. The van der Waals surface area contributed by atoms with Crippen LogP contribution in [0.15, 0.2) is 30.3 Å². The highest BCUT2D eigenvalue weighted by molar-refractivity contribution is 5.97. The highest BCUT2D eigenvalue weighted by Gasteiger charge is 2.44. The lowest BCUT2D eigenvalue weighted by atomic mass is 10.0. The minimum atomic E-state index is -1.39. The van der Waals surface area contributed by atoms with Gasteiger partial charge in [0.2, 0.25) is 35.4 Å². The van der Waals surface area contributed by atoms with Crippen LogP contribution in [-0.2, 0) is 39.9 Å². The van der Waals surface area contributed by atoms with Crippen molar-refractivity contribution in [2.24, 2.45) is 5.92 Å². The van der Waals surface area contributed by atoms with Crippen molar-refractivity contribution in [1.82, 2.24) is 31.1 Å². The molecule has 3 aliphatic heterocycles. The number of ether oxygens (including phenoxy) is 1. The summed E-state index contributed by atoms with van der Waals surface area (Å²) in [5.74, 6) is -3.92. The number of rotatable bonds is 6. The van der Waals surface area contributed by atoms with Gasteiger partial charge in [0.25, 0.3) is 0 Å². The summed E-state index contributed by atoms with van der Waals surface area (Å²) in [5.41, 5.74) is 0.755. The Bertz CT molecular complexity index is 1240. The summed E-state index contributed by atoms with van der Waals surface area (Å²) in [4.78, 5) is 82.6. The van der Waals surface area contributed by atoms with Gasteiger partial charge in [0.05, 0.1) is 13.2 Å². The molecule has 14 heteroatoms. The number of hydrogen-bond donors (Lipinski definition) is 5. The third-order valence-corrected chi connectivity index (χ3v) is 8.17. The van der Waals surface area contributed by atoms with Crippen molar-refractivity contribution in [3.8, 4) is 0 Å². The maximum atomic E-state index is 14.2. The van der Waals surface area contributed by atoms with Crippen molar-refractivity contribution in [3.05, 3.63) is 35.9 Å². The lowest BCUT2D eigenvalue weighted by Gasteiger charge is -2.30. The molecule has 240 valence electrons. The van der Waals surface area contributed by atoms with Crippen LogP contribution >= 0.6 is 0 Å². The number of likely N-dealkylation sites (N-methyl/N-ethyl adjacent to an activating group) is 1. The molecule has 0 radical (unpaired) electrons. The van der Waals surface area contributed by atoms with Gasteiger partial charge in [0.15, 0.2) is 0 Å². The Morgan fingerprint density at radius 1 is 1.02 bits per heavy atom. The highest BCUT2D eigenvalue weighted by Crippen LogP contribution is 2.22. The molecule has 44 heavy (non-hydrogen) atoms. The summed E-state index contributed by atoms with van der Waals surface area (Å²) >= 11 is 0. The van der Waals surface area contributed by atoms with E-state index in [0.717, 1.165) is 16.9 Å². The van der Waals surface area contributed by atoms with Gasteiger partial charge in [-0.15, -0.1) is 0 Å². The van der Waals surface area contributed by atoms with Gasteiger partial charge in [-0.2, -0.15) is 0 Å². The Labute approximate surface area is 256 Å². The zero-order chi connectivity index (χ0) is 32.0. The van der Waals surface area contributed by atoms with Gasteiger partial charge in [-0.3, -0.25) is 28.8 Å². The fourth-order valence-electron chi connectivity index (χ4n) is 5.79. The Kier molecular flexibility index (Phi) is 10.9. The number of hydrogen-bond acceptors (Lipinski definition) is 8. The van der Waals surface area contributed by atoms with Crippen LogP contribution in [0, 0.1) is 5.92 Å². The van der Waals surface area contributed by atoms with E-state index < -0.39 is 79.0 Å². The topological polar surface area (TPSA) is 186 Å². The summed E-state index contributed by atoms with van der Waals surface area (Å²) in [7, 11) is 1.34. The van der Waals surface area contributed by atoms with Gasteiger partial charge in [-0.1, -0.05) is 44.2 Å². The second-order valence-electron chi connectivity index (χ2n) is 11.9. The first-order valence-electron chi connectivity index (χ1n) is 15.0. The van der Waals surface area contributed by atoms with Crippen LogP contribution in [-0.4, -0.2) is 120 Å². The normalized spacial score (nSPS) is 29.0. The lowest BCUT2D eigenvalue weighted by Crippen LogP contribution is -2.58. The summed E-state index contributed by atoms with van der Waals surface area (Å²) < 4.78 is 5.48. The minimum Gasteiger partial charge on any atom is -0.394 e. The first kappa shape index (κ1) is 32.9. The van der Waals surface area contributed by atoms with Gasteiger partial charge in [-0.05, 0) is 30.7 Å². The van der Waals surface area contributed by atoms with Crippen LogP contribution in [0.4, 0.5) is 0 Å². The average molecular weight is 615 g/mol. The third kappa shape index (κ3) is 7.91. The molecule has 6 atom stereocenters. The molecule has 1 aromatic rings. The van der Waals surface area contributed by atoms with Crippen LogP contribution in [0.3, 0.4) is 0 Å². The molecule has 3 heterocycles. The Hall–Kier alpha value is -4.04. The maximum absolute atomic E-state index is 14.2. The molecule has 14 nitrogen and oxygen atoms in total. The zero-order valence-corrected chi connectivity index (χ0v) is 25.3. The van der Waals surface area contributed by atoms with E-state index in [1.165, 1.54) is 11.9 Å². The minimum absolute atomic E-state index is 0.0292. The maximum Gasteiger partial charge on any atom is 0.249 e. The van der Waals surface area contributed by atoms with Gasteiger partial charge >= 0.3 is 0 Å². The van der Waals surface area contributed by atoms with E-state index in [1.54, 1.807) is 26.0 Å². The first-order valence-corrected chi connectivity index (χ1v) is 15.0. The molecule has 0 spiro atoms. The number of aliphatic hydroxyl groups excluding tert-OH is 1.